The summed E-state index contributed by atoms with van der Waals surface area (Å²) >= 11 is 0. The van der Waals surface area contributed by atoms with Crippen molar-refractivity contribution in [1.82, 2.24) is 10.2 Å². The Morgan fingerprint density at radius 3 is 2.29 bits per heavy atom. The van der Waals surface area contributed by atoms with E-state index in [1.165, 1.54) is 0 Å². The Morgan fingerprint density at radius 1 is 1.02 bits per heavy atom. The SMILES string of the molecule is CCCN(CCC)C(=O)C1=CC(C)=CC(C(N)=O)([C@H](Cc2ccc(OC)cc2)[C@@H](O)CNCc2cccc(OC)c2)C1. The van der Waals surface area contributed by atoms with Gasteiger partial charge in [0.25, 0.3) is 0 Å². The lowest BCUT2D eigenvalue weighted by Crippen LogP contribution is -2.51. The van der Waals surface area contributed by atoms with Gasteiger partial charge in [0.15, 0.2) is 0 Å². The summed E-state index contributed by atoms with van der Waals surface area (Å²) in [5.41, 5.74) is 8.22. The number of amides is 2. The number of rotatable bonds is 16. The first-order valence-corrected chi connectivity index (χ1v) is 14.8. The molecule has 3 rings (SSSR count). The molecule has 0 spiro atoms. The number of nitrogens with one attached hydrogen (secondary N) is 1. The van der Waals surface area contributed by atoms with Crippen LogP contribution in [0.25, 0.3) is 0 Å². The standard InChI is InChI=1S/C34H47N3O5/c1-6-15-37(16-7-2)32(39)27-17-24(3)20-34(21-27,33(35)40)30(19-25-11-13-28(41-4)14-12-25)31(38)23-36-22-26-9-8-10-29(18-26)42-5/h8-14,17-18,20,30-31,36,38H,6-7,15-16,19,21-23H2,1-5H3,(H2,35,40)/t30-,31+,34?/m1/s1. The van der Waals surface area contributed by atoms with Crippen LogP contribution in [-0.4, -0.2) is 61.8 Å². The van der Waals surface area contributed by atoms with Crippen LogP contribution in [0.4, 0.5) is 0 Å². The van der Waals surface area contributed by atoms with Crippen LogP contribution in [0.5, 0.6) is 11.5 Å². The van der Waals surface area contributed by atoms with E-state index in [9.17, 15) is 14.7 Å². The summed E-state index contributed by atoms with van der Waals surface area (Å²) in [4.78, 5) is 29.0. The van der Waals surface area contributed by atoms with Gasteiger partial charge in [0.1, 0.15) is 11.5 Å². The van der Waals surface area contributed by atoms with E-state index in [0.29, 0.717) is 31.6 Å². The van der Waals surface area contributed by atoms with Gasteiger partial charge >= 0.3 is 0 Å². The molecule has 2 amide bonds. The first kappa shape index (κ1) is 32.9. The number of primary amides is 1. The molecule has 4 N–H and O–H groups in total. The molecular formula is C34H47N3O5. The number of nitrogens with two attached hydrogens (primary N) is 1. The summed E-state index contributed by atoms with van der Waals surface area (Å²) in [7, 11) is 3.23. The van der Waals surface area contributed by atoms with Crippen molar-refractivity contribution < 1.29 is 24.2 Å². The second kappa shape index (κ2) is 15.6. The largest absolute Gasteiger partial charge is 0.497 e. The van der Waals surface area contributed by atoms with Gasteiger partial charge in [-0.25, -0.2) is 0 Å². The van der Waals surface area contributed by atoms with Crippen LogP contribution >= 0.6 is 0 Å². The molecule has 0 fully saturated rings. The summed E-state index contributed by atoms with van der Waals surface area (Å²) in [5.74, 6) is 0.246. The summed E-state index contributed by atoms with van der Waals surface area (Å²) in [5, 5.41) is 15.1. The molecule has 1 unspecified atom stereocenters. The van der Waals surface area contributed by atoms with Gasteiger partial charge in [-0.2, -0.15) is 0 Å². The van der Waals surface area contributed by atoms with Crippen molar-refractivity contribution in [2.45, 2.75) is 59.1 Å². The van der Waals surface area contributed by atoms with Crippen molar-refractivity contribution in [3.05, 3.63) is 83.0 Å². The average Bonchev–Trinajstić information content (AvgIpc) is 2.99. The number of ether oxygens (including phenoxy) is 2. The highest BCUT2D eigenvalue weighted by Crippen LogP contribution is 2.44. The van der Waals surface area contributed by atoms with Gasteiger partial charge in [-0.05, 0) is 68.0 Å². The molecule has 0 saturated heterocycles. The molecule has 1 aliphatic rings. The molecule has 42 heavy (non-hydrogen) atoms. The minimum Gasteiger partial charge on any atom is -0.497 e. The maximum Gasteiger partial charge on any atom is 0.249 e. The van der Waals surface area contributed by atoms with Crippen LogP contribution in [0.15, 0.2) is 71.8 Å². The third-order valence-electron chi connectivity index (χ3n) is 7.94. The van der Waals surface area contributed by atoms with Gasteiger partial charge in [0.05, 0.1) is 25.7 Å². The smallest absolute Gasteiger partial charge is 0.249 e. The van der Waals surface area contributed by atoms with Gasteiger partial charge in [-0.1, -0.05) is 55.8 Å². The van der Waals surface area contributed by atoms with Crippen molar-refractivity contribution in [2.75, 3.05) is 33.9 Å². The lowest BCUT2D eigenvalue weighted by molar-refractivity contribution is -0.132. The Kier molecular flexibility index (Phi) is 12.2. The molecule has 1 aliphatic carbocycles. The number of aliphatic hydroxyl groups excluding tert-OH is 1. The fourth-order valence-corrected chi connectivity index (χ4v) is 5.88. The summed E-state index contributed by atoms with van der Waals surface area (Å²) in [6, 6.07) is 15.3. The van der Waals surface area contributed by atoms with E-state index < -0.39 is 23.3 Å². The molecule has 8 nitrogen and oxygen atoms in total. The first-order chi connectivity index (χ1) is 20.2. The molecule has 0 heterocycles. The number of aliphatic hydroxyl groups is 1. The van der Waals surface area contributed by atoms with E-state index >= 15 is 0 Å². The Hall–Kier alpha value is -3.62. The zero-order valence-corrected chi connectivity index (χ0v) is 25.7. The second-order valence-corrected chi connectivity index (χ2v) is 11.1. The van der Waals surface area contributed by atoms with Crippen molar-refractivity contribution in [3.8, 4) is 11.5 Å². The van der Waals surface area contributed by atoms with Crippen molar-refractivity contribution in [1.29, 1.82) is 0 Å². The number of methoxy groups -OCH3 is 2. The number of carbonyl (C=O) groups is 2. The fourth-order valence-electron chi connectivity index (χ4n) is 5.88. The quantitative estimate of drug-likeness (QED) is 0.272. The van der Waals surface area contributed by atoms with E-state index in [0.717, 1.165) is 41.0 Å². The third kappa shape index (κ3) is 8.23. The van der Waals surface area contributed by atoms with Crippen molar-refractivity contribution in [2.24, 2.45) is 17.1 Å². The number of allylic oxidation sites excluding steroid dienone is 2. The van der Waals surface area contributed by atoms with Crippen LogP contribution in [0, 0.1) is 11.3 Å². The maximum atomic E-state index is 13.7. The van der Waals surface area contributed by atoms with Crippen LogP contribution in [0.2, 0.25) is 0 Å². The van der Waals surface area contributed by atoms with E-state index in [1.807, 2.05) is 86.4 Å². The van der Waals surface area contributed by atoms with E-state index in [-0.39, 0.29) is 18.9 Å². The van der Waals surface area contributed by atoms with E-state index in [4.69, 9.17) is 15.2 Å². The van der Waals surface area contributed by atoms with Crippen LogP contribution < -0.4 is 20.5 Å². The number of hydrogen-bond donors (Lipinski definition) is 3. The number of hydrogen-bond acceptors (Lipinski definition) is 6. The highest BCUT2D eigenvalue weighted by atomic mass is 16.5. The summed E-state index contributed by atoms with van der Waals surface area (Å²) in [6.45, 7) is 7.99. The fraction of sp³-hybridized carbons (Fsp3) is 0.471. The summed E-state index contributed by atoms with van der Waals surface area (Å²) < 4.78 is 10.7. The zero-order valence-electron chi connectivity index (χ0n) is 25.7. The topological polar surface area (TPSA) is 114 Å². The number of benzene rings is 2. The molecule has 0 saturated carbocycles. The number of nitrogens with zero attached hydrogens (tertiary/aromatic N) is 1. The normalized spacial score (nSPS) is 18.0. The first-order valence-electron chi connectivity index (χ1n) is 14.8. The highest BCUT2D eigenvalue weighted by molar-refractivity contribution is 5.97. The molecule has 0 bridgehead atoms. The average molecular weight is 578 g/mol. The predicted molar refractivity (Wildman–Crippen MR) is 166 cm³/mol. The molecule has 0 aliphatic heterocycles. The Balaban J connectivity index is 1.95. The second-order valence-electron chi connectivity index (χ2n) is 11.1. The van der Waals surface area contributed by atoms with Gasteiger partial charge in [0.2, 0.25) is 11.8 Å². The van der Waals surface area contributed by atoms with Crippen molar-refractivity contribution >= 4 is 11.8 Å². The summed E-state index contributed by atoms with van der Waals surface area (Å²) in [6.07, 6.45) is 4.98. The monoisotopic (exact) mass is 577 g/mol. The molecule has 0 radical (unpaired) electrons. The van der Waals surface area contributed by atoms with Gasteiger partial charge < -0.3 is 30.5 Å². The molecule has 2 aromatic rings. The van der Waals surface area contributed by atoms with Gasteiger partial charge in [0, 0.05) is 37.7 Å². The predicted octanol–water partition coefficient (Wildman–Crippen LogP) is 4.41. The lowest BCUT2D eigenvalue weighted by Gasteiger charge is -2.42. The Labute approximate surface area is 250 Å². The zero-order chi connectivity index (χ0) is 30.7. The van der Waals surface area contributed by atoms with Gasteiger partial charge in [-0.15, -0.1) is 0 Å². The van der Waals surface area contributed by atoms with Gasteiger partial charge in [-0.3, -0.25) is 9.59 Å². The van der Waals surface area contributed by atoms with E-state index in [2.05, 4.69) is 5.32 Å². The molecule has 0 aromatic heterocycles. The minimum atomic E-state index is -1.26. The Bertz CT molecular complexity index is 1250. The molecule has 2 aromatic carbocycles. The van der Waals surface area contributed by atoms with Crippen LogP contribution in [-0.2, 0) is 22.6 Å². The molecule has 8 heteroatoms. The third-order valence-corrected chi connectivity index (χ3v) is 7.94. The van der Waals surface area contributed by atoms with Crippen LogP contribution in [0.1, 0.15) is 51.2 Å². The molecule has 3 atom stereocenters. The minimum absolute atomic E-state index is 0.0781. The molecule has 228 valence electrons. The Morgan fingerprint density at radius 2 is 1.69 bits per heavy atom. The maximum absolute atomic E-state index is 13.7. The highest BCUT2D eigenvalue weighted by Gasteiger charge is 2.48. The lowest BCUT2D eigenvalue weighted by atomic mass is 9.63. The number of carbonyl (C=O) groups excluding carboxylic acids is 2. The van der Waals surface area contributed by atoms with E-state index in [1.54, 1.807) is 14.2 Å². The van der Waals surface area contributed by atoms with Crippen molar-refractivity contribution in [3.63, 3.8) is 0 Å². The van der Waals surface area contributed by atoms with Crippen LogP contribution in [0.3, 0.4) is 0 Å². The molecular weight excluding hydrogens is 530 g/mol.